The molecule has 0 spiro atoms. The van der Waals surface area contributed by atoms with Crippen molar-refractivity contribution in [2.45, 2.75) is 0 Å². The van der Waals surface area contributed by atoms with Gasteiger partial charge in [0.15, 0.2) is 0 Å². The van der Waals surface area contributed by atoms with Crippen molar-refractivity contribution < 1.29 is 30.6 Å². The van der Waals surface area contributed by atoms with Crippen LogP contribution in [0.15, 0.2) is 0 Å². The van der Waals surface area contributed by atoms with Gasteiger partial charge in [-0.1, -0.05) is 0 Å². The Morgan fingerprint density at radius 2 is 0.778 bits per heavy atom. The van der Waals surface area contributed by atoms with E-state index in [-0.39, 0.29) is 20.4 Å². The van der Waals surface area contributed by atoms with E-state index in [1.807, 2.05) is 0 Å². The minimum atomic E-state index is -1.75. The summed E-state index contributed by atoms with van der Waals surface area (Å²) >= 11 is 0. The Balaban J connectivity index is -0.0000000720. The summed E-state index contributed by atoms with van der Waals surface area (Å²) in [6, 6.07) is 0. The minimum Gasteiger partial charge on any atom is -0.356 e. The van der Waals surface area contributed by atoms with Gasteiger partial charge in [0.1, 0.15) is 0 Å². The molecule has 0 saturated carbocycles. The van der Waals surface area contributed by atoms with Crippen LogP contribution < -0.4 is 0 Å². The van der Waals surface area contributed by atoms with Crippen molar-refractivity contribution in [2.24, 2.45) is 0 Å². The molecule has 0 rings (SSSR count). The Bertz CT molecular complexity index is 69.1. The van der Waals surface area contributed by atoms with Crippen molar-refractivity contribution in [3.63, 3.8) is 0 Å². The molecule has 0 aliphatic rings. The summed E-state index contributed by atoms with van der Waals surface area (Å²) in [5, 5.41) is 29.5. The van der Waals surface area contributed by atoms with Crippen molar-refractivity contribution in [1.82, 2.24) is 0 Å². The molecule has 0 aromatic rings. The zero-order valence-electron chi connectivity index (χ0n) is 3.72. The van der Waals surface area contributed by atoms with Gasteiger partial charge in [-0.3, -0.25) is 0 Å². The Morgan fingerprint density at radius 3 is 0.778 bits per heavy atom. The fourth-order valence-corrected chi connectivity index (χ4v) is 0. The van der Waals surface area contributed by atoms with Crippen LogP contribution in [0.25, 0.3) is 0 Å². The topological polar surface area (TPSA) is 132 Å². The standard InChI is InChI=1S/2NO3.Re/c2*2-1(3)4;/q2*-1;+2. The molecule has 0 N–H and O–H groups in total. The number of nitrogens with zero attached hydrogens (tertiary/aromatic N) is 2. The van der Waals surface area contributed by atoms with Crippen LogP contribution in [0.5, 0.6) is 0 Å². The normalized spacial score (nSPS) is 5.33. The minimum absolute atomic E-state index is 0. The SMILES string of the molecule is O=[N+]([O-])[O-].O=[N+]([O-])[O-].[Re+2]. The second-order valence-electron chi connectivity index (χ2n) is 0.447. The molecule has 53 valence electrons. The first-order valence-electron chi connectivity index (χ1n) is 1.10. The van der Waals surface area contributed by atoms with Crippen LogP contribution in [0.4, 0.5) is 0 Å². The van der Waals surface area contributed by atoms with Gasteiger partial charge in [0.05, 0.1) is 10.2 Å². The number of hydrogen-bond donors (Lipinski definition) is 0. The fourth-order valence-electron chi connectivity index (χ4n) is 0. The summed E-state index contributed by atoms with van der Waals surface area (Å²) in [4.78, 5) is 16.5. The quantitative estimate of drug-likeness (QED) is 0.438. The Hall–Kier alpha value is -0.938. The molecule has 0 saturated heterocycles. The molecule has 9 heavy (non-hydrogen) atoms. The summed E-state index contributed by atoms with van der Waals surface area (Å²) in [5.74, 6) is 0. The van der Waals surface area contributed by atoms with Gasteiger partial charge in [-0.2, -0.15) is 0 Å². The summed E-state index contributed by atoms with van der Waals surface area (Å²) in [6.45, 7) is 0. The monoisotopic (exact) mass is 311 g/mol. The summed E-state index contributed by atoms with van der Waals surface area (Å²) in [7, 11) is 0. The van der Waals surface area contributed by atoms with E-state index in [0.29, 0.717) is 0 Å². The van der Waals surface area contributed by atoms with E-state index in [2.05, 4.69) is 0 Å². The molecule has 0 unspecified atom stereocenters. The second kappa shape index (κ2) is 10.1. The summed E-state index contributed by atoms with van der Waals surface area (Å²) in [6.07, 6.45) is 0. The van der Waals surface area contributed by atoms with Gasteiger partial charge in [-0.05, 0) is 0 Å². The molecule has 1 radical (unpaired) electrons. The molecule has 0 amide bonds. The first-order valence-corrected chi connectivity index (χ1v) is 1.10. The van der Waals surface area contributed by atoms with E-state index in [1.165, 1.54) is 0 Å². The Labute approximate surface area is 62.0 Å². The van der Waals surface area contributed by atoms with Crippen LogP contribution in [-0.2, 0) is 20.4 Å². The van der Waals surface area contributed by atoms with Gasteiger partial charge >= 0.3 is 20.4 Å². The van der Waals surface area contributed by atoms with Crippen LogP contribution >= 0.6 is 0 Å². The van der Waals surface area contributed by atoms with Gasteiger partial charge < -0.3 is 30.6 Å². The molecule has 0 aliphatic carbocycles. The van der Waals surface area contributed by atoms with Gasteiger partial charge in [0.2, 0.25) is 0 Å². The Kier molecular flexibility index (Phi) is 17.7. The van der Waals surface area contributed by atoms with Crippen LogP contribution in [0, 0.1) is 30.6 Å². The molecule has 0 heterocycles. The van der Waals surface area contributed by atoms with Gasteiger partial charge in [-0.15, -0.1) is 0 Å². The predicted octanol–water partition coefficient (Wildman–Crippen LogP) is -0.481. The van der Waals surface area contributed by atoms with Crippen LogP contribution in [-0.4, -0.2) is 10.2 Å². The summed E-state index contributed by atoms with van der Waals surface area (Å²) < 4.78 is 0. The third kappa shape index (κ3) is 206. The third-order valence-electron chi connectivity index (χ3n) is 0. The van der Waals surface area contributed by atoms with E-state index >= 15 is 0 Å². The molecule has 0 aromatic heterocycles. The molecule has 0 aromatic carbocycles. The molecular formula is N2O6Re. The molecule has 0 atom stereocenters. The fraction of sp³-hybridized carbons (Fsp3) is 0. The van der Waals surface area contributed by atoms with Gasteiger partial charge in [-0.25, -0.2) is 0 Å². The van der Waals surface area contributed by atoms with Crippen LogP contribution in [0.1, 0.15) is 0 Å². The first kappa shape index (κ1) is 15.7. The molecular weight excluding hydrogens is 310 g/mol. The van der Waals surface area contributed by atoms with Gasteiger partial charge in [0, 0.05) is 0 Å². The van der Waals surface area contributed by atoms with E-state index in [9.17, 15) is 0 Å². The number of hydrogen-bond acceptors (Lipinski definition) is 6. The summed E-state index contributed by atoms with van der Waals surface area (Å²) in [5.41, 5.74) is 0. The predicted molar refractivity (Wildman–Crippen MR) is 20.7 cm³/mol. The molecule has 0 aliphatic heterocycles. The maximum Gasteiger partial charge on any atom is 2.00 e. The molecule has 8 nitrogen and oxygen atoms in total. The largest absolute Gasteiger partial charge is 2.00 e. The van der Waals surface area contributed by atoms with Crippen molar-refractivity contribution in [1.29, 1.82) is 0 Å². The van der Waals surface area contributed by atoms with Crippen molar-refractivity contribution in [3.05, 3.63) is 30.6 Å². The van der Waals surface area contributed by atoms with E-state index in [0.717, 1.165) is 0 Å². The van der Waals surface area contributed by atoms with Crippen molar-refractivity contribution in [2.75, 3.05) is 0 Å². The first-order chi connectivity index (χ1) is 3.46. The van der Waals surface area contributed by atoms with Crippen LogP contribution in [0.3, 0.4) is 0 Å². The second-order valence-corrected chi connectivity index (χ2v) is 0.447. The maximum absolute atomic E-state index is 8.25. The average molecular weight is 310 g/mol. The van der Waals surface area contributed by atoms with E-state index in [4.69, 9.17) is 30.6 Å². The third-order valence-corrected chi connectivity index (χ3v) is 0. The smallest absolute Gasteiger partial charge is 0.356 e. The average Bonchev–Trinajstić information content (AvgIpc) is 1.25. The van der Waals surface area contributed by atoms with Crippen LogP contribution in [0.2, 0.25) is 0 Å². The van der Waals surface area contributed by atoms with Crippen molar-refractivity contribution >= 4 is 0 Å². The van der Waals surface area contributed by atoms with Gasteiger partial charge in [0.25, 0.3) is 0 Å². The van der Waals surface area contributed by atoms with E-state index in [1.54, 1.807) is 0 Å². The molecule has 9 heteroatoms. The zero-order valence-corrected chi connectivity index (χ0v) is 6.44. The van der Waals surface area contributed by atoms with E-state index < -0.39 is 10.2 Å². The number of rotatable bonds is 0. The Morgan fingerprint density at radius 1 is 0.778 bits per heavy atom. The molecule has 0 bridgehead atoms. The maximum atomic E-state index is 8.25. The molecule has 0 fully saturated rings. The zero-order chi connectivity index (χ0) is 7.15. The van der Waals surface area contributed by atoms with Crippen molar-refractivity contribution in [3.8, 4) is 0 Å².